The number of hydrogen-bond donors (Lipinski definition) is 0. The summed E-state index contributed by atoms with van der Waals surface area (Å²) in [7, 11) is 0. The average molecular weight is 336 g/mol. The quantitative estimate of drug-likeness (QED) is 0.511. The maximum absolute atomic E-state index is 6.19. The number of nitrogens with zero attached hydrogens (tertiary/aromatic N) is 1. The van der Waals surface area contributed by atoms with E-state index in [0.717, 1.165) is 28.4 Å². The number of alkyl halides is 1. The molecule has 0 saturated heterocycles. The summed E-state index contributed by atoms with van der Waals surface area (Å²) < 4.78 is 6.19. The highest BCUT2D eigenvalue weighted by Gasteiger charge is 2.29. The fourth-order valence-electron chi connectivity index (χ4n) is 3.26. The third kappa shape index (κ3) is 2.44. The number of rotatable bonds is 3. The molecule has 4 rings (SSSR count). The molecule has 1 aliphatic heterocycles. The van der Waals surface area contributed by atoms with Gasteiger partial charge < -0.3 is 9.64 Å². The van der Waals surface area contributed by atoms with Gasteiger partial charge in [0.05, 0.1) is 23.3 Å². The van der Waals surface area contributed by atoms with Crippen molar-refractivity contribution in [3.8, 4) is 11.5 Å². The van der Waals surface area contributed by atoms with Gasteiger partial charge in [-0.2, -0.15) is 0 Å². The molecule has 0 aliphatic carbocycles. The zero-order chi connectivity index (χ0) is 16.5. The van der Waals surface area contributed by atoms with Gasteiger partial charge >= 0.3 is 0 Å². The van der Waals surface area contributed by atoms with Crippen LogP contribution in [-0.4, -0.2) is 0 Å². The van der Waals surface area contributed by atoms with Crippen LogP contribution in [-0.2, 0) is 5.88 Å². The zero-order valence-corrected chi connectivity index (χ0v) is 14.2. The number of fused-ring (bicyclic) bond motifs is 2. The van der Waals surface area contributed by atoms with E-state index in [1.807, 2.05) is 36.4 Å². The number of para-hydroxylation sites is 3. The van der Waals surface area contributed by atoms with Gasteiger partial charge in [0, 0.05) is 5.56 Å². The monoisotopic (exact) mass is 335 g/mol. The molecule has 0 bridgehead atoms. The number of ether oxygens (including phenoxy) is 1. The fraction of sp³-hybridized carbons (Fsp3) is 0.143. The molecule has 1 atom stereocenters. The molecule has 0 saturated carbocycles. The van der Waals surface area contributed by atoms with E-state index in [4.69, 9.17) is 16.3 Å². The van der Waals surface area contributed by atoms with Gasteiger partial charge in [-0.3, -0.25) is 0 Å². The summed E-state index contributed by atoms with van der Waals surface area (Å²) in [6.07, 6.45) is 0. The number of anilines is 2. The van der Waals surface area contributed by atoms with E-state index in [9.17, 15) is 0 Å². The summed E-state index contributed by atoms with van der Waals surface area (Å²) in [6, 6.07) is 25.0. The summed E-state index contributed by atoms with van der Waals surface area (Å²) in [4.78, 5) is 2.33. The highest BCUT2D eigenvalue weighted by Crippen LogP contribution is 2.51. The van der Waals surface area contributed by atoms with Crippen LogP contribution in [0.5, 0.6) is 11.5 Å². The Bertz CT molecular complexity index is 863. The van der Waals surface area contributed by atoms with Gasteiger partial charge in [-0.1, -0.05) is 54.6 Å². The van der Waals surface area contributed by atoms with Crippen molar-refractivity contribution in [1.82, 2.24) is 0 Å². The van der Waals surface area contributed by atoms with Crippen molar-refractivity contribution < 1.29 is 4.74 Å². The van der Waals surface area contributed by atoms with Crippen molar-refractivity contribution in [3.63, 3.8) is 0 Å². The van der Waals surface area contributed by atoms with Crippen LogP contribution in [0.1, 0.15) is 24.1 Å². The Morgan fingerprint density at radius 1 is 0.875 bits per heavy atom. The predicted octanol–water partition coefficient (Wildman–Crippen LogP) is 6.43. The van der Waals surface area contributed by atoms with E-state index in [1.165, 1.54) is 5.56 Å². The molecule has 0 fully saturated rings. The van der Waals surface area contributed by atoms with Crippen molar-refractivity contribution in [3.05, 3.63) is 83.9 Å². The van der Waals surface area contributed by atoms with Crippen LogP contribution in [0.3, 0.4) is 0 Å². The van der Waals surface area contributed by atoms with E-state index < -0.39 is 0 Å². The van der Waals surface area contributed by atoms with E-state index in [-0.39, 0.29) is 6.04 Å². The Hall–Kier alpha value is -2.45. The molecule has 0 aromatic heterocycles. The molecule has 2 nitrogen and oxygen atoms in total. The fourth-order valence-corrected chi connectivity index (χ4v) is 3.47. The number of benzene rings is 3. The first kappa shape index (κ1) is 15.1. The Labute approximate surface area is 147 Å². The molecule has 120 valence electrons. The molecule has 3 heteroatoms. The lowest BCUT2D eigenvalue weighted by molar-refractivity contribution is 0.464. The standard InChI is InChI=1S/C21H18ClNO/c1-15(16-8-3-2-4-9-16)23-18-11-5-6-13-20(18)24-21-17(14-22)10-7-12-19(21)23/h2-13,15H,14H2,1H3. The summed E-state index contributed by atoms with van der Waals surface area (Å²) in [5.41, 5.74) is 4.40. The summed E-state index contributed by atoms with van der Waals surface area (Å²) in [5.74, 6) is 2.15. The molecule has 1 heterocycles. The van der Waals surface area contributed by atoms with Crippen LogP contribution in [0.25, 0.3) is 0 Å². The minimum absolute atomic E-state index is 0.181. The highest BCUT2D eigenvalue weighted by atomic mass is 35.5. The van der Waals surface area contributed by atoms with Crippen LogP contribution >= 0.6 is 11.6 Å². The predicted molar refractivity (Wildman–Crippen MR) is 99.5 cm³/mol. The summed E-state index contributed by atoms with van der Waals surface area (Å²) in [6.45, 7) is 2.22. The molecule has 3 aromatic carbocycles. The van der Waals surface area contributed by atoms with Gasteiger partial charge in [0.2, 0.25) is 0 Å². The first-order valence-electron chi connectivity index (χ1n) is 8.08. The summed E-state index contributed by atoms with van der Waals surface area (Å²) >= 11 is 6.14. The molecule has 0 amide bonds. The largest absolute Gasteiger partial charge is 0.453 e. The van der Waals surface area contributed by atoms with Crippen LogP contribution in [0.4, 0.5) is 11.4 Å². The first-order valence-corrected chi connectivity index (χ1v) is 8.62. The maximum atomic E-state index is 6.19. The topological polar surface area (TPSA) is 12.5 Å². The molecule has 0 spiro atoms. The highest BCUT2D eigenvalue weighted by molar-refractivity contribution is 6.17. The lowest BCUT2D eigenvalue weighted by Crippen LogP contribution is -2.25. The average Bonchev–Trinajstić information content (AvgIpc) is 2.65. The van der Waals surface area contributed by atoms with Crippen molar-refractivity contribution in [2.45, 2.75) is 18.8 Å². The number of halogens is 1. The Kier molecular flexibility index (Phi) is 3.91. The van der Waals surface area contributed by atoms with Crippen LogP contribution in [0.15, 0.2) is 72.8 Å². The molecule has 24 heavy (non-hydrogen) atoms. The van der Waals surface area contributed by atoms with Gasteiger partial charge in [0.1, 0.15) is 0 Å². The zero-order valence-electron chi connectivity index (χ0n) is 13.4. The second-order valence-electron chi connectivity index (χ2n) is 5.93. The van der Waals surface area contributed by atoms with E-state index >= 15 is 0 Å². The van der Waals surface area contributed by atoms with Crippen molar-refractivity contribution in [2.75, 3.05) is 4.90 Å². The minimum atomic E-state index is 0.181. The first-order chi connectivity index (χ1) is 11.8. The van der Waals surface area contributed by atoms with Crippen molar-refractivity contribution in [2.24, 2.45) is 0 Å². The second-order valence-corrected chi connectivity index (χ2v) is 6.19. The lowest BCUT2D eigenvalue weighted by Gasteiger charge is -2.38. The molecule has 1 aliphatic rings. The van der Waals surface area contributed by atoms with Gasteiger partial charge in [-0.05, 0) is 30.7 Å². The SMILES string of the molecule is CC(c1ccccc1)N1c2ccccc2Oc2c(CCl)cccc21. The van der Waals surface area contributed by atoms with Gasteiger partial charge in [0.15, 0.2) is 11.5 Å². The van der Waals surface area contributed by atoms with Crippen LogP contribution in [0, 0.1) is 0 Å². The molecule has 3 aromatic rings. The molecule has 1 unspecified atom stereocenters. The number of hydrogen-bond acceptors (Lipinski definition) is 2. The second kappa shape index (κ2) is 6.21. The maximum Gasteiger partial charge on any atom is 0.155 e. The van der Waals surface area contributed by atoms with Crippen molar-refractivity contribution >= 4 is 23.0 Å². The van der Waals surface area contributed by atoms with Gasteiger partial charge in [-0.15, -0.1) is 11.6 Å². The summed E-state index contributed by atoms with van der Waals surface area (Å²) in [5, 5.41) is 0. The van der Waals surface area contributed by atoms with Gasteiger partial charge in [0.25, 0.3) is 0 Å². The third-order valence-corrected chi connectivity index (χ3v) is 4.77. The smallest absolute Gasteiger partial charge is 0.155 e. The molecular formula is C21H18ClNO. The molecule has 0 N–H and O–H groups in total. The van der Waals surface area contributed by atoms with E-state index in [1.54, 1.807) is 0 Å². The normalized spacial score (nSPS) is 13.7. The van der Waals surface area contributed by atoms with E-state index in [2.05, 4.69) is 48.2 Å². The van der Waals surface area contributed by atoms with Crippen LogP contribution < -0.4 is 9.64 Å². The van der Waals surface area contributed by atoms with Crippen molar-refractivity contribution in [1.29, 1.82) is 0 Å². The van der Waals surface area contributed by atoms with Gasteiger partial charge in [-0.25, -0.2) is 0 Å². The van der Waals surface area contributed by atoms with Crippen LogP contribution in [0.2, 0.25) is 0 Å². The van der Waals surface area contributed by atoms with E-state index in [0.29, 0.717) is 5.88 Å². The Balaban J connectivity index is 1.90. The Morgan fingerprint density at radius 2 is 1.58 bits per heavy atom. The minimum Gasteiger partial charge on any atom is -0.453 e. The molecular weight excluding hydrogens is 318 g/mol. The third-order valence-electron chi connectivity index (χ3n) is 4.49. The lowest BCUT2D eigenvalue weighted by atomic mass is 10.0. The molecule has 0 radical (unpaired) electrons. The Morgan fingerprint density at radius 3 is 2.38 bits per heavy atom.